The van der Waals surface area contributed by atoms with Gasteiger partial charge < -0.3 is 5.11 Å². The van der Waals surface area contributed by atoms with Gasteiger partial charge in [0.15, 0.2) is 0 Å². The Kier molecular flexibility index (Phi) is 26.2. The van der Waals surface area contributed by atoms with E-state index in [1.807, 2.05) is 20.8 Å². The van der Waals surface area contributed by atoms with Crippen LogP contribution >= 0.6 is 0 Å². The van der Waals surface area contributed by atoms with Crippen LogP contribution in [0.5, 0.6) is 0 Å². The number of rotatable bonds is 3. The fraction of sp³-hybridized carbons (Fsp3) is 0.900. The third-order valence-corrected chi connectivity index (χ3v) is 7.12. The highest BCUT2D eigenvalue weighted by Gasteiger charge is 2.27. The van der Waals surface area contributed by atoms with Crippen LogP contribution in [0.3, 0.4) is 0 Å². The van der Waals surface area contributed by atoms with Crippen molar-refractivity contribution in [2.45, 2.75) is 239 Å². The minimum absolute atomic E-state index is 0.0211. The molecule has 0 aliphatic heterocycles. The Morgan fingerprint density at radius 2 is 0.635 bits per heavy atom. The molecule has 2 nitrogen and oxygen atoms in total. The molecule has 0 spiro atoms. The average molecular weight is 737 g/mol. The monoisotopic (exact) mass is 737 g/mol. The van der Waals surface area contributed by atoms with Gasteiger partial charge in [0, 0.05) is 11.8 Å². The summed E-state index contributed by atoms with van der Waals surface area (Å²) < 4.78 is 0. The summed E-state index contributed by atoms with van der Waals surface area (Å²) in [4.78, 5) is 11.5. The SMILES string of the molecule is CC(C)(C)/C=C/C(C)(C)C.CC(C)(C)/C=C\C(C)(C)C.CC(C)(C)CC(=O)C(C)(C)C.CC(C)(C)CC(O)C(C)(C)C.CC(C)(C)CCC(C)(C)C. The fourth-order valence-corrected chi connectivity index (χ4v) is 3.38. The molecular weight excluding hydrogens is 633 g/mol. The molecule has 0 aromatic rings. The van der Waals surface area contributed by atoms with E-state index in [1.165, 1.54) is 12.8 Å². The van der Waals surface area contributed by atoms with Crippen molar-refractivity contribution in [1.29, 1.82) is 0 Å². The minimum atomic E-state index is -0.192. The molecule has 52 heavy (non-hydrogen) atoms. The first kappa shape index (κ1) is 60.4. The largest absolute Gasteiger partial charge is 0.393 e. The Balaban J connectivity index is -0.000000177. The van der Waals surface area contributed by atoms with Gasteiger partial charge in [-0.3, -0.25) is 4.79 Å². The van der Waals surface area contributed by atoms with E-state index >= 15 is 0 Å². The third kappa shape index (κ3) is 64.1. The Labute approximate surface area is 332 Å². The second-order valence-corrected chi connectivity index (χ2v) is 26.8. The van der Waals surface area contributed by atoms with E-state index in [0.717, 1.165) is 6.42 Å². The normalized spacial score (nSPS) is 14.6. The molecule has 1 unspecified atom stereocenters. The van der Waals surface area contributed by atoms with E-state index in [4.69, 9.17) is 0 Å². The van der Waals surface area contributed by atoms with Gasteiger partial charge in [-0.2, -0.15) is 0 Å². The summed E-state index contributed by atoms with van der Waals surface area (Å²) in [6.45, 7) is 65.3. The lowest BCUT2D eigenvalue weighted by molar-refractivity contribution is -0.128. The van der Waals surface area contributed by atoms with E-state index in [2.05, 4.69) is 211 Å². The predicted molar refractivity (Wildman–Crippen MR) is 242 cm³/mol. The molecule has 0 saturated carbocycles. The Morgan fingerprint density at radius 3 is 0.712 bits per heavy atom. The number of hydrogen-bond acceptors (Lipinski definition) is 2. The van der Waals surface area contributed by atoms with Crippen molar-refractivity contribution in [2.24, 2.45) is 54.1 Å². The molecule has 2 heteroatoms. The van der Waals surface area contributed by atoms with Gasteiger partial charge in [0.25, 0.3) is 0 Å². The molecule has 1 atom stereocenters. The Hall–Kier alpha value is -0.890. The van der Waals surface area contributed by atoms with Gasteiger partial charge in [-0.15, -0.1) is 0 Å². The smallest absolute Gasteiger partial charge is 0.138 e. The van der Waals surface area contributed by atoms with Crippen LogP contribution in [0.15, 0.2) is 24.3 Å². The molecule has 0 radical (unpaired) electrons. The van der Waals surface area contributed by atoms with Gasteiger partial charge in [0.2, 0.25) is 0 Å². The zero-order chi connectivity index (χ0) is 43.8. The summed E-state index contributed by atoms with van der Waals surface area (Å²) in [5, 5.41) is 9.72. The number of ketones is 1. The van der Waals surface area contributed by atoms with Crippen molar-refractivity contribution in [2.75, 3.05) is 0 Å². The molecule has 0 rings (SSSR count). The lowest BCUT2D eigenvalue weighted by Gasteiger charge is -2.31. The van der Waals surface area contributed by atoms with Crippen LogP contribution in [0.4, 0.5) is 0 Å². The zero-order valence-electron chi connectivity index (χ0n) is 42.1. The lowest BCUT2D eigenvalue weighted by atomic mass is 9.79. The van der Waals surface area contributed by atoms with Crippen LogP contribution in [0, 0.1) is 54.1 Å². The Bertz CT molecular complexity index is 883. The maximum atomic E-state index is 11.5. The van der Waals surface area contributed by atoms with Gasteiger partial charge in [0.05, 0.1) is 6.10 Å². The molecule has 0 aromatic carbocycles. The number of hydrogen-bond donors (Lipinski definition) is 1. The highest BCUT2D eigenvalue weighted by molar-refractivity contribution is 5.84. The first-order chi connectivity index (χ1) is 21.9. The molecule has 0 amide bonds. The third-order valence-electron chi connectivity index (χ3n) is 7.12. The number of Topliss-reactive ketones (excluding diaryl/α,β-unsaturated/α-hetero) is 1. The molecule has 0 aliphatic carbocycles. The van der Waals surface area contributed by atoms with E-state index in [9.17, 15) is 9.90 Å². The molecule has 0 saturated heterocycles. The standard InChI is InChI=1S/C10H22O.C10H20O.C10H22.2C10H20/c2*1-9(2,3)7-8(11)10(4,5)6;3*1-9(2,3)7-8-10(4,5)6/h8,11H,7H2,1-6H3;7H2,1-6H3;7-8H2,1-6H3;2*7-8H,1-6H3/b;;;8-7+;8-7-. The van der Waals surface area contributed by atoms with E-state index in [1.54, 1.807) is 0 Å². The Morgan fingerprint density at radius 1 is 0.404 bits per heavy atom. The minimum Gasteiger partial charge on any atom is -0.393 e. The molecule has 0 aromatic heterocycles. The fourth-order valence-electron chi connectivity index (χ4n) is 3.38. The van der Waals surface area contributed by atoms with Crippen molar-refractivity contribution in [3.8, 4) is 0 Å². The second-order valence-electron chi connectivity index (χ2n) is 26.8. The van der Waals surface area contributed by atoms with Crippen molar-refractivity contribution in [3.63, 3.8) is 0 Å². The average Bonchev–Trinajstić information content (AvgIpc) is 2.76. The van der Waals surface area contributed by atoms with Crippen molar-refractivity contribution in [1.82, 2.24) is 0 Å². The number of carbonyl (C=O) groups excluding carboxylic acids is 1. The number of aliphatic hydroxyl groups is 1. The second kappa shape index (κ2) is 22.6. The van der Waals surface area contributed by atoms with E-state index < -0.39 is 0 Å². The van der Waals surface area contributed by atoms with E-state index in [0.29, 0.717) is 44.7 Å². The topological polar surface area (TPSA) is 37.3 Å². The first-order valence-electron chi connectivity index (χ1n) is 20.5. The summed E-state index contributed by atoms with van der Waals surface area (Å²) in [6, 6.07) is 0. The van der Waals surface area contributed by atoms with Crippen molar-refractivity contribution in [3.05, 3.63) is 24.3 Å². The van der Waals surface area contributed by atoms with Crippen LogP contribution < -0.4 is 0 Å². The summed E-state index contributed by atoms with van der Waals surface area (Å²) in [6.07, 6.45) is 13.1. The van der Waals surface area contributed by atoms with Gasteiger partial charge >= 0.3 is 0 Å². The number of allylic oxidation sites excluding steroid dienone is 4. The van der Waals surface area contributed by atoms with Crippen LogP contribution in [-0.4, -0.2) is 17.0 Å². The lowest BCUT2D eigenvalue weighted by Crippen LogP contribution is -2.30. The summed E-state index contributed by atoms with van der Waals surface area (Å²) in [5.41, 5.74) is 2.53. The molecule has 0 aliphatic rings. The quantitative estimate of drug-likeness (QED) is 0.293. The zero-order valence-corrected chi connectivity index (χ0v) is 42.1. The summed E-state index contributed by atoms with van der Waals surface area (Å²) >= 11 is 0. The van der Waals surface area contributed by atoms with Crippen LogP contribution in [0.1, 0.15) is 233 Å². The van der Waals surface area contributed by atoms with Crippen LogP contribution in [-0.2, 0) is 4.79 Å². The first-order valence-corrected chi connectivity index (χ1v) is 20.5. The summed E-state index contributed by atoms with van der Waals surface area (Å²) in [5.74, 6) is 0.352. The maximum absolute atomic E-state index is 11.5. The van der Waals surface area contributed by atoms with Gasteiger partial charge in [-0.05, 0) is 68.0 Å². The summed E-state index contributed by atoms with van der Waals surface area (Å²) in [7, 11) is 0. The maximum Gasteiger partial charge on any atom is 0.138 e. The molecule has 0 bridgehead atoms. The van der Waals surface area contributed by atoms with Crippen LogP contribution in [0.2, 0.25) is 0 Å². The van der Waals surface area contributed by atoms with E-state index in [-0.39, 0.29) is 27.8 Å². The number of carbonyl (C=O) groups is 1. The van der Waals surface area contributed by atoms with Gasteiger partial charge in [-0.25, -0.2) is 0 Å². The molecule has 316 valence electrons. The van der Waals surface area contributed by atoms with Gasteiger partial charge in [-0.1, -0.05) is 232 Å². The highest BCUT2D eigenvalue weighted by atomic mass is 16.3. The molecular formula is C50H104O2. The van der Waals surface area contributed by atoms with Gasteiger partial charge in [0.1, 0.15) is 5.78 Å². The van der Waals surface area contributed by atoms with Crippen molar-refractivity contribution >= 4 is 5.78 Å². The highest BCUT2D eigenvalue weighted by Crippen LogP contribution is 2.31. The van der Waals surface area contributed by atoms with Crippen molar-refractivity contribution < 1.29 is 9.90 Å². The molecule has 0 heterocycles. The number of aliphatic hydroxyl groups excluding tert-OH is 1. The molecule has 1 N–H and O–H groups in total. The molecule has 0 fully saturated rings. The van der Waals surface area contributed by atoms with Crippen LogP contribution in [0.25, 0.3) is 0 Å². The predicted octanol–water partition coefficient (Wildman–Crippen LogP) is 17.0.